The van der Waals surface area contributed by atoms with E-state index in [-0.39, 0.29) is 12.0 Å². The van der Waals surface area contributed by atoms with E-state index in [0.717, 1.165) is 23.6 Å². The molecule has 0 saturated carbocycles. The van der Waals surface area contributed by atoms with Crippen LogP contribution >= 0.6 is 12.2 Å². The number of aromatic nitrogens is 3. The highest BCUT2D eigenvalue weighted by Crippen LogP contribution is 2.21. The second-order valence-electron chi connectivity index (χ2n) is 6.45. The maximum absolute atomic E-state index is 12.6. The number of morpholine rings is 1. The molecule has 2 aromatic rings. The van der Waals surface area contributed by atoms with Crippen LogP contribution in [0.3, 0.4) is 0 Å². The number of aromatic amines is 1. The average Bonchev–Trinajstić information content (AvgIpc) is 3.07. The normalized spacial score (nSPS) is 17.1. The van der Waals surface area contributed by atoms with Crippen LogP contribution in [-0.2, 0) is 16.1 Å². The fourth-order valence-electron chi connectivity index (χ4n) is 3.17. The van der Waals surface area contributed by atoms with Gasteiger partial charge >= 0.3 is 0 Å². The zero-order valence-electron chi connectivity index (χ0n) is 15.8. The second-order valence-corrected chi connectivity index (χ2v) is 6.84. The van der Waals surface area contributed by atoms with Crippen molar-refractivity contribution in [2.24, 2.45) is 0 Å². The van der Waals surface area contributed by atoms with Crippen molar-refractivity contribution in [3.8, 4) is 17.1 Å². The minimum atomic E-state index is 0.123. The summed E-state index contributed by atoms with van der Waals surface area (Å²) in [4.78, 5) is 14.5. The molecule has 1 amide bonds. The summed E-state index contributed by atoms with van der Waals surface area (Å²) in [6.07, 6.45) is 1.44. The molecule has 1 atom stereocenters. The number of H-pyrrole nitrogens is 1. The number of nitrogens with one attached hydrogen (secondary N) is 1. The van der Waals surface area contributed by atoms with Gasteiger partial charge in [-0.25, -0.2) is 0 Å². The zero-order valence-corrected chi connectivity index (χ0v) is 16.6. The topological polar surface area (TPSA) is 72.4 Å². The highest BCUT2D eigenvalue weighted by Gasteiger charge is 2.23. The van der Waals surface area contributed by atoms with E-state index >= 15 is 0 Å². The molecule has 1 N–H and O–H groups in total. The van der Waals surface area contributed by atoms with Gasteiger partial charge in [0.1, 0.15) is 5.75 Å². The number of carbonyl (C=O) groups excluding carboxylic acids is 1. The molecule has 1 fully saturated rings. The molecule has 8 heteroatoms. The summed E-state index contributed by atoms with van der Waals surface area (Å²) in [5.41, 5.74) is 0.927. The number of carbonyl (C=O) groups is 1. The molecule has 146 valence electrons. The summed E-state index contributed by atoms with van der Waals surface area (Å²) in [5.74, 6) is 1.66. The van der Waals surface area contributed by atoms with Crippen molar-refractivity contribution in [3.05, 3.63) is 29.0 Å². The summed E-state index contributed by atoms with van der Waals surface area (Å²) in [6.45, 7) is 7.06. The molecule has 0 spiro atoms. The minimum absolute atomic E-state index is 0.123. The quantitative estimate of drug-likeness (QED) is 0.736. The molecular weight excluding hydrogens is 364 g/mol. The predicted octanol–water partition coefficient (Wildman–Crippen LogP) is 3.03. The van der Waals surface area contributed by atoms with Crippen LogP contribution in [0.2, 0.25) is 0 Å². The lowest BCUT2D eigenvalue weighted by atomic mass is 10.2. The second kappa shape index (κ2) is 9.14. The van der Waals surface area contributed by atoms with Crippen molar-refractivity contribution in [1.82, 2.24) is 19.7 Å². The number of ether oxygens (including phenoxy) is 2. The molecule has 27 heavy (non-hydrogen) atoms. The van der Waals surface area contributed by atoms with Crippen molar-refractivity contribution >= 4 is 18.1 Å². The van der Waals surface area contributed by atoms with E-state index in [1.165, 1.54) is 0 Å². The fourth-order valence-corrected chi connectivity index (χ4v) is 3.39. The molecule has 1 aromatic heterocycles. The van der Waals surface area contributed by atoms with E-state index < -0.39 is 0 Å². The SMILES string of the molecule is CCOc1ccc(-c2n[nH]c(=S)n2CCC(=O)N2CCOC(CC)C2)cc1. The molecule has 3 rings (SSSR count). The summed E-state index contributed by atoms with van der Waals surface area (Å²) in [6, 6.07) is 7.71. The monoisotopic (exact) mass is 390 g/mol. The fraction of sp³-hybridized carbons (Fsp3) is 0.526. The van der Waals surface area contributed by atoms with Gasteiger partial charge in [0, 0.05) is 31.6 Å². The Bertz CT molecular complexity index is 815. The predicted molar refractivity (Wildman–Crippen MR) is 105 cm³/mol. The molecule has 1 aliphatic heterocycles. The Labute approximate surface area is 164 Å². The highest BCUT2D eigenvalue weighted by atomic mass is 32.1. The number of benzene rings is 1. The molecule has 1 saturated heterocycles. The average molecular weight is 391 g/mol. The van der Waals surface area contributed by atoms with E-state index in [4.69, 9.17) is 21.7 Å². The Morgan fingerprint density at radius 2 is 2.15 bits per heavy atom. The first-order valence-electron chi connectivity index (χ1n) is 9.40. The van der Waals surface area contributed by atoms with Crippen LogP contribution in [0.5, 0.6) is 5.75 Å². The van der Waals surface area contributed by atoms with Crippen LogP contribution in [0.25, 0.3) is 11.4 Å². The van der Waals surface area contributed by atoms with Gasteiger partial charge in [-0.1, -0.05) is 6.92 Å². The first-order valence-corrected chi connectivity index (χ1v) is 9.81. The molecule has 1 aliphatic rings. The van der Waals surface area contributed by atoms with Crippen molar-refractivity contribution < 1.29 is 14.3 Å². The Morgan fingerprint density at radius 3 is 2.85 bits per heavy atom. The summed E-state index contributed by atoms with van der Waals surface area (Å²) >= 11 is 5.36. The highest BCUT2D eigenvalue weighted by molar-refractivity contribution is 7.71. The van der Waals surface area contributed by atoms with Gasteiger partial charge in [-0.05, 0) is 49.8 Å². The van der Waals surface area contributed by atoms with E-state index in [0.29, 0.717) is 44.0 Å². The Morgan fingerprint density at radius 1 is 1.37 bits per heavy atom. The third-order valence-electron chi connectivity index (χ3n) is 4.68. The van der Waals surface area contributed by atoms with E-state index in [9.17, 15) is 4.79 Å². The summed E-state index contributed by atoms with van der Waals surface area (Å²) in [7, 11) is 0. The third kappa shape index (κ3) is 4.75. The van der Waals surface area contributed by atoms with E-state index in [2.05, 4.69) is 17.1 Å². The van der Waals surface area contributed by atoms with Crippen LogP contribution in [0.4, 0.5) is 0 Å². The van der Waals surface area contributed by atoms with Crippen LogP contribution in [-0.4, -0.2) is 58.0 Å². The standard InChI is InChI=1S/C19H26N4O3S/c1-3-15-13-22(11-12-26-15)17(24)9-10-23-18(20-21-19(23)27)14-5-7-16(8-6-14)25-4-2/h5-8,15H,3-4,9-13H2,1-2H3,(H,21,27). The number of amides is 1. The van der Waals surface area contributed by atoms with Gasteiger partial charge in [-0.2, -0.15) is 5.10 Å². The van der Waals surface area contributed by atoms with E-state index in [1.54, 1.807) is 0 Å². The smallest absolute Gasteiger partial charge is 0.224 e. The number of hydrogen-bond donors (Lipinski definition) is 1. The zero-order chi connectivity index (χ0) is 19.2. The molecule has 0 aliphatic carbocycles. The Kier molecular flexibility index (Phi) is 6.63. The van der Waals surface area contributed by atoms with Crippen molar-refractivity contribution in [2.45, 2.75) is 39.3 Å². The molecule has 0 bridgehead atoms. The van der Waals surface area contributed by atoms with Gasteiger partial charge in [-0.15, -0.1) is 0 Å². The largest absolute Gasteiger partial charge is 0.494 e. The molecular formula is C19H26N4O3S. The minimum Gasteiger partial charge on any atom is -0.494 e. The molecule has 1 unspecified atom stereocenters. The summed E-state index contributed by atoms with van der Waals surface area (Å²) < 4.78 is 13.5. The van der Waals surface area contributed by atoms with Crippen LogP contribution in [0.1, 0.15) is 26.7 Å². The van der Waals surface area contributed by atoms with Gasteiger partial charge in [0.15, 0.2) is 10.6 Å². The van der Waals surface area contributed by atoms with E-state index in [1.807, 2.05) is 40.7 Å². The van der Waals surface area contributed by atoms with Gasteiger partial charge in [0.2, 0.25) is 5.91 Å². The van der Waals surface area contributed by atoms with Crippen LogP contribution in [0, 0.1) is 4.77 Å². The third-order valence-corrected chi connectivity index (χ3v) is 4.99. The first kappa shape index (κ1) is 19.6. The first-order chi connectivity index (χ1) is 13.1. The lowest BCUT2D eigenvalue weighted by Gasteiger charge is -2.32. The Hall–Kier alpha value is -2.19. The van der Waals surface area contributed by atoms with Gasteiger partial charge in [0.05, 0.1) is 19.3 Å². The van der Waals surface area contributed by atoms with Crippen molar-refractivity contribution in [3.63, 3.8) is 0 Å². The van der Waals surface area contributed by atoms with Crippen LogP contribution < -0.4 is 4.74 Å². The van der Waals surface area contributed by atoms with Crippen molar-refractivity contribution in [1.29, 1.82) is 0 Å². The molecule has 2 heterocycles. The van der Waals surface area contributed by atoms with Gasteiger partial charge in [-0.3, -0.25) is 14.5 Å². The summed E-state index contributed by atoms with van der Waals surface area (Å²) in [5, 5.41) is 7.17. The Balaban J connectivity index is 1.68. The lowest BCUT2D eigenvalue weighted by molar-refractivity contribution is -0.139. The van der Waals surface area contributed by atoms with Gasteiger partial charge < -0.3 is 14.4 Å². The molecule has 0 radical (unpaired) electrons. The number of hydrogen-bond acceptors (Lipinski definition) is 5. The molecule has 7 nitrogen and oxygen atoms in total. The molecule has 1 aromatic carbocycles. The number of nitrogens with zero attached hydrogens (tertiary/aromatic N) is 3. The number of rotatable bonds is 7. The maximum Gasteiger partial charge on any atom is 0.224 e. The van der Waals surface area contributed by atoms with Crippen LogP contribution in [0.15, 0.2) is 24.3 Å². The maximum atomic E-state index is 12.6. The van der Waals surface area contributed by atoms with Gasteiger partial charge in [0.25, 0.3) is 0 Å². The van der Waals surface area contributed by atoms with Crippen molar-refractivity contribution in [2.75, 3.05) is 26.3 Å². The lowest BCUT2D eigenvalue weighted by Crippen LogP contribution is -2.45.